The summed E-state index contributed by atoms with van der Waals surface area (Å²) in [4.78, 5) is 38.8. The second-order valence-electron chi connectivity index (χ2n) is 6.45. The number of barbiturate groups is 1. The van der Waals surface area contributed by atoms with E-state index in [9.17, 15) is 14.4 Å². The number of nitrogens with zero attached hydrogens (tertiary/aromatic N) is 1. The molecule has 10 heteroatoms. The highest BCUT2D eigenvalue weighted by atomic mass is 35.5. The lowest BCUT2D eigenvalue weighted by Gasteiger charge is -2.26. The van der Waals surface area contributed by atoms with Gasteiger partial charge in [-0.05, 0) is 36.8 Å². The Balaban J connectivity index is 1.74. The Morgan fingerprint density at radius 1 is 1.13 bits per heavy atom. The van der Waals surface area contributed by atoms with Gasteiger partial charge in [-0.3, -0.25) is 14.9 Å². The molecule has 0 spiro atoms. The zero-order valence-electron chi connectivity index (χ0n) is 16.6. The van der Waals surface area contributed by atoms with Gasteiger partial charge in [-0.25, -0.2) is 9.69 Å². The zero-order valence-corrected chi connectivity index (χ0v) is 17.3. The van der Waals surface area contributed by atoms with E-state index < -0.39 is 17.8 Å². The van der Waals surface area contributed by atoms with E-state index in [1.807, 2.05) is 0 Å². The van der Waals surface area contributed by atoms with Crippen LogP contribution in [-0.4, -0.2) is 38.4 Å². The lowest BCUT2D eigenvalue weighted by Crippen LogP contribution is -2.54. The number of amides is 4. The Morgan fingerprint density at radius 2 is 1.90 bits per heavy atom. The van der Waals surface area contributed by atoms with Gasteiger partial charge < -0.3 is 18.9 Å². The van der Waals surface area contributed by atoms with Crippen LogP contribution in [0.4, 0.5) is 10.5 Å². The van der Waals surface area contributed by atoms with Crippen LogP contribution in [0.15, 0.2) is 35.9 Å². The first kappa shape index (κ1) is 20.5. The molecule has 4 rings (SSSR count). The number of benzene rings is 2. The van der Waals surface area contributed by atoms with Crippen molar-refractivity contribution >= 4 is 41.2 Å². The minimum Gasteiger partial charge on any atom is -0.493 e. The summed E-state index contributed by atoms with van der Waals surface area (Å²) < 4.78 is 21.3. The van der Waals surface area contributed by atoms with Crippen molar-refractivity contribution in [2.24, 2.45) is 0 Å². The molecule has 0 aliphatic carbocycles. The molecular formula is C21H17ClN2O7. The fraction of sp³-hybridized carbons (Fsp3) is 0.190. The number of nitrogens with one attached hydrogen (secondary N) is 1. The smallest absolute Gasteiger partial charge is 0.335 e. The Kier molecular flexibility index (Phi) is 5.43. The molecule has 2 aromatic rings. The van der Waals surface area contributed by atoms with Crippen molar-refractivity contribution < 1.29 is 33.3 Å². The highest BCUT2D eigenvalue weighted by molar-refractivity contribution is 6.40. The summed E-state index contributed by atoms with van der Waals surface area (Å²) in [5.74, 6) is 0.0440. The Bertz CT molecular complexity index is 1130. The maximum absolute atomic E-state index is 13.1. The largest absolute Gasteiger partial charge is 0.493 e. The molecular weight excluding hydrogens is 428 g/mol. The number of imide groups is 2. The predicted octanol–water partition coefficient (Wildman–Crippen LogP) is 3.14. The summed E-state index contributed by atoms with van der Waals surface area (Å²) in [6, 6.07) is 6.78. The van der Waals surface area contributed by atoms with E-state index in [2.05, 4.69) is 5.32 Å². The number of urea groups is 1. The van der Waals surface area contributed by atoms with Crippen molar-refractivity contribution in [3.05, 3.63) is 46.5 Å². The number of anilines is 1. The molecule has 31 heavy (non-hydrogen) atoms. The molecule has 1 fully saturated rings. The molecule has 0 atom stereocenters. The highest BCUT2D eigenvalue weighted by Gasteiger charge is 2.37. The summed E-state index contributed by atoms with van der Waals surface area (Å²) in [5.41, 5.74) is 0.303. The fourth-order valence-corrected chi connectivity index (χ4v) is 3.37. The van der Waals surface area contributed by atoms with Crippen molar-refractivity contribution in [3.63, 3.8) is 0 Å². The van der Waals surface area contributed by atoms with Crippen LogP contribution >= 0.6 is 11.6 Å². The van der Waals surface area contributed by atoms with E-state index in [-0.39, 0.29) is 23.1 Å². The number of ether oxygens (including phenoxy) is 4. The standard InChI is InChI=1S/C21H17ClN2O7/c1-3-29-17-7-11(14(22)9-16(17)28-2)6-13-19(25)23-21(27)24(20(13)26)12-4-5-15-18(8-12)31-10-30-15/h4-9H,3,10H2,1-2H3,(H,23,25,27)/b13-6+. The van der Waals surface area contributed by atoms with Gasteiger partial charge in [0.25, 0.3) is 11.8 Å². The maximum Gasteiger partial charge on any atom is 0.335 e. The molecule has 2 aliphatic heterocycles. The Labute approximate surface area is 182 Å². The van der Waals surface area contributed by atoms with Gasteiger partial charge >= 0.3 is 6.03 Å². The highest BCUT2D eigenvalue weighted by Crippen LogP contribution is 2.37. The van der Waals surface area contributed by atoms with Gasteiger partial charge in [-0.2, -0.15) is 0 Å². The van der Waals surface area contributed by atoms with E-state index in [0.29, 0.717) is 35.2 Å². The quantitative estimate of drug-likeness (QED) is 0.558. The van der Waals surface area contributed by atoms with Gasteiger partial charge in [-0.1, -0.05) is 11.6 Å². The van der Waals surface area contributed by atoms with Gasteiger partial charge in [0.15, 0.2) is 23.0 Å². The average molecular weight is 445 g/mol. The van der Waals surface area contributed by atoms with E-state index in [4.69, 9.17) is 30.5 Å². The van der Waals surface area contributed by atoms with Gasteiger partial charge in [-0.15, -0.1) is 0 Å². The van der Waals surface area contributed by atoms with Crippen LogP contribution in [0.1, 0.15) is 12.5 Å². The SMILES string of the molecule is CCOc1cc(/C=C2\C(=O)NC(=O)N(c3ccc4c(c3)OCO4)C2=O)c(Cl)cc1OC. The number of hydrogen-bond acceptors (Lipinski definition) is 7. The van der Waals surface area contributed by atoms with Crippen LogP contribution in [-0.2, 0) is 9.59 Å². The normalized spacial score (nSPS) is 16.5. The monoisotopic (exact) mass is 444 g/mol. The van der Waals surface area contributed by atoms with Crippen LogP contribution in [0.3, 0.4) is 0 Å². The molecule has 0 unspecified atom stereocenters. The lowest BCUT2D eigenvalue weighted by molar-refractivity contribution is -0.122. The van der Waals surface area contributed by atoms with Crippen LogP contribution < -0.4 is 29.2 Å². The summed E-state index contributed by atoms with van der Waals surface area (Å²) >= 11 is 6.31. The van der Waals surface area contributed by atoms with Crippen molar-refractivity contribution in [1.82, 2.24) is 5.32 Å². The topological polar surface area (TPSA) is 103 Å². The molecule has 1 N–H and O–H groups in total. The third-order valence-electron chi connectivity index (χ3n) is 4.60. The molecule has 0 bridgehead atoms. The van der Waals surface area contributed by atoms with Crippen LogP contribution in [0.25, 0.3) is 6.08 Å². The number of halogens is 1. The number of methoxy groups -OCH3 is 1. The van der Waals surface area contributed by atoms with Crippen molar-refractivity contribution in [3.8, 4) is 23.0 Å². The fourth-order valence-electron chi connectivity index (χ4n) is 3.16. The number of rotatable bonds is 5. The minimum atomic E-state index is -0.873. The van der Waals surface area contributed by atoms with E-state index in [1.165, 1.54) is 31.4 Å². The molecule has 9 nitrogen and oxygen atoms in total. The summed E-state index contributed by atoms with van der Waals surface area (Å²) in [7, 11) is 1.47. The first-order valence-corrected chi connectivity index (χ1v) is 9.62. The van der Waals surface area contributed by atoms with E-state index >= 15 is 0 Å². The Hall–Kier alpha value is -3.72. The number of hydrogen-bond donors (Lipinski definition) is 1. The average Bonchev–Trinajstić information content (AvgIpc) is 3.21. The molecule has 160 valence electrons. The molecule has 0 saturated carbocycles. The van der Waals surface area contributed by atoms with Crippen LogP contribution in [0.5, 0.6) is 23.0 Å². The number of carbonyl (C=O) groups excluding carboxylic acids is 3. The van der Waals surface area contributed by atoms with Gasteiger partial charge in [0, 0.05) is 12.1 Å². The molecule has 2 aliphatic rings. The van der Waals surface area contributed by atoms with Gasteiger partial charge in [0.05, 0.1) is 24.4 Å². The molecule has 2 heterocycles. The summed E-state index contributed by atoms with van der Waals surface area (Å²) in [6.07, 6.45) is 1.30. The maximum atomic E-state index is 13.1. The third-order valence-corrected chi connectivity index (χ3v) is 4.93. The zero-order chi connectivity index (χ0) is 22.1. The predicted molar refractivity (Wildman–Crippen MR) is 111 cm³/mol. The minimum absolute atomic E-state index is 0.0424. The number of fused-ring (bicyclic) bond motifs is 1. The lowest BCUT2D eigenvalue weighted by atomic mass is 10.1. The second kappa shape index (κ2) is 8.19. The van der Waals surface area contributed by atoms with Crippen molar-refractivity contribution in [1.29, 1.82) is 0 Å². The van der Waals surface area contributed by atoms with Crippen LogP contribution in [0, 0.1) is 0 Å². The van der Waals surface area contributed by atoms with Gasteiger partial charge in [0.1, 0.15) is 5.57 Å². The van der Waals surface area contributed by atoms with Crippen molar-refractivity contribution in [2.75, 3.05) is 25.4 Å². The first-order chi connectivity index (χ1) is 14.9. The summed E-state index contributed by atoms with van der Waals surface area (Å²) in [5, 5.41) is 2.40. The second-order valence-corrected chi connectivity index (χ2v) is 6.86. The first-order valence-electron chi connectivity index (χ1n) is 9.24. The summed E-state index contributed by atoms with van der Waals surface area (Å²) in [6.45, 7) is 2.22. The molecule has 0 aromatic heterocycles. The molecule has 1 saturated heterocycles. The van der Waals surface area contributed by atoms with E-state index in [0.717, 1.165) is 4.90 Å². The molecule has 2 aromatic carbocycles. The number of carbonyl (C=O) groups is 3. The third kappa shape index (κ3) is 3.75. The molecule has 4 amide bonds. The van der Waals surface area contributed by atoms with E-state index in [1.54, 1.807) is 19.1 Å². The Morgan fingerprint density at radius 3 is 2.65 bits per heavy atom. The van der Waals surface area contributed by atoms with Gasteiger partial charge in [0.2, 0.25) is 6.79 Å². The van der Waals surface area contributed by atoms with Crippen molar-refractivity contribution in [2.45, 2.75) is 6.92 Å². The van der Waals surface area contributed by atoms with Crippen LogP contribution in [0.2, 0.25) is 5.02 Å². The molecule has 0 radical (unpaired) electrons.